The van der Waals surface area contributed by atoms with Crippen LogP contribution in [-0.2, 0) is 9.39 Å². The Labute approximate surface area is 58.0 Å². The lowest BCUT2D eigenvalue weighted by molar-refractivity contribution is 0.121. The Morgan fingerprint density at radius 1 is 1.22 bits per heavy atom. The van der Waals surface area contributed by atoms with E-state index in [1.54, 1.807) is 0 Å². The topological polar surface area (TPSA) is 18.5 Å². The normalized spacial score (nSPS) is 9.89. The average Bonchev–Trinajstić information content (AvgIpc) is 1.89. The van der Waals surface area contributed by atoms with Crippen molar-refractivity contribution in [2.75, 3.05) is 19.8 Å². The lowest BCUT2D eigenvalue weighted by atomic mass is 10.4. The molecule has 0 aromatic rings. The van der Waals surface area contributed by atoms with Crippen molar-refractivity contribution in [3.63, 3.8) is 0 Å². The third-order valence-electron chi connectivity index (χ3n) is 0.899. The molecule has 0 unspecified atom stereocenters. The molecule has 2 radical (unpaired) electrons. The summed E-state index contributed by atoms with van der Waals surface area (Å²) in [5.74, 6) is 0. The largest absolute Gasteiger partial charge is 0.447 e. The Balaban J connectivity index is 2.60. The lowest BCUT2D eigenvalue weighted by Gasteiger charge is -2.00. The van der Waals surface area contributed by atoms with E-state index in [2.05, 4.69) is 11.6 Å². The zero-order valence-corrected chi connectivity index (χ0v) is 5.93. The first-order valence-electron chi connectivity index (χ1n) is 3.31. The van der Waals surface area contributed by atoms with Gasteiger partial charge in [-0.15, -0.1) is 0 Å². The van der Waals surface area contributed by atoms with Crippen LogP contribution < -0.4 is 0 Å². The molecule has 0 fully saturated rings. The Bertz CT molecular complexity index is 44.3. The first-order chi connectivity index (χ1) is 4.41. The van der Waals surface area contributed by atoms with E-state index >= 15 is 0 Å². The monoisotopic (exact) mass is 128 g/mol. The molecule has 0 aliphatic rings. The molecule has 2 nitrogen and oxygen atoms in total. The summed E-state index contributed by atoms with van der Waals surface area (Å²) in [5.41, 5.74) is 0. The van der Waals surface area contributed by atoms with Gasteiger partial charge in [0, 0.05) is 19.8 Å². The van der Waals surface area contributed by atoms with E-state index in [1.165, 1.54) is 0 Å². The molecule has 0 aromatic carbocycles. The molecule has 0 rings (SSSR count). The van der Waals surface area contributed by atoms with E-state index in [1.807, 2.05) is 0 Å². The van der Waals surface area contributed by atoms with Gasteiger partial charge in [-0.1, -0.05) is 6.92 Å². The van der Waals surface area contributed by atoms with Crippen LogP contribution in [0.15, 0.2) is 0 Å². The summed E-state index contributed by atoms with van der Waals surface area (Å²) in [6.07, 6.45) is 1.96. The zero-order valence-electron chi connectivity index (χ0n) is 5.93. The molecule has 0 aliphatic heterocycles. The maximum Gasteiger partial charge on any atom is 0.282 e. The second-order valence-corrected chi connectivity index (χ2v) is 1.84. The van der Waals surface area contributed by atoms with Crippen molar-refractivity contribution >= 4 is 8.05 Å². The molecule has 52 valence electrons. The average molecular weight is 128 g/mol. The van der Waals surface area contributed by atoms with Crippen molar-refractivity contribution in [1.82, 2.24) is 0 Å². The molecule has 0 bridgehead atoms. The van der Waals surface area contributed by atoms with Crippen molar-refractivity contribution in [3.8, 4) is 0 Å². The summed E-state index contributed by atoms with van der Waals surface area (Å²) in [6, 6.07) is 0. The third-order valence-corrected chi connectivity index (χ3v) is 0.899. The zero-order chi connectivity index (χ0) is 6.95. The van der Waals surface area contributed by atoms with E-state index in [9.17, 15) is 0 Å². The molecule has 0 saturated heterocycles. The van der Waals surface area contributed by atoms with Gasteiger partial charge in [-0.05, 0) is 12.8 Å². The minimum absolute atomic E-state index is 0.587. The molecule has 9 heavy (non-hydrogen) atoms. The predicted octanol–water partition coefficient (Wildman–Crippen LogP) is 0.903. The van der Waals surface area contributed by atoms with Crippen LogP contribution in [0.5, 0.6) is 0 Å². The van der Waals surface area contributed by atoms with Gasteiger partial charge in [0.25, 0.3) is 8.05 Å². The molecule has 0 saturated carbocycles. The van der Waals surface area contributed by atoms with Crippen molar-refractivity contribution in [3.05, 3.63) is 0 Å². The molecule has 0 aromatic heterocycles. The maximum atomic E-state index is 5.15. The molecule has 0 aliphatic carbocycles. The molecule has 0 atom stereocenters. The third kappa shape index (κ3) is 7.98. The minimum atomic E-state index is 0.587. The number of ether oxygens (including phenoxy) is 1. The van der Waals surface area contributed by atoms with Gasteiger partial charge in [-0.3, -0.25) is 0 Å². The number of hydrogen-bond donors (Lipinski definition) is 0. The molecule has 0 spiro atoms. The highest BCUT2D eigenvalue weighted by atomic mass is 16.5. The second-order valence-electron chi connectivity index (χ2n) is 1.84. The van der Waals surface area contributed by atoms with Gasteiger partial charge in [0.15, 0.2) is 0 Å². The summed E-state index contributed by atoms with van der Waals surface area (Å²) in [4.78, 5) is 0. The fourth-order valence-corrected chi connectivity index (χ4v) is 0.491. The number of rotatable bonds is 6. The first kappa shape index (κ1) is 8.98. The smallest absolute Gasteiger partial charge is 0.282 e. The van der Waals surface area contributed by atoms with Crippen LogP contribution in [-0.4, -0.2) is 27.9 Å². The summed E-state index contributed by atoms with van der Waals surface area (Å²) in [7, 11) is 4.79. The van der Waals surface area contributed by atoms with Crippen LogP contribution in [0.1, 0.15) is 19.8 Å². The van der Waals surface area contributed by atoms with Gasteiger partial charge in [0.05, 0.1) is 0 Å². The van der Waals surface area contributed by atoms with Gasteiger partial charge in [-0.2, -0.15) is 0 Å². The van der Waals surface area contributed by atoms with E-state index < -0.39 is 0 Å². The standard InChI is InChI=1S/C6H13BO2/c1-2-4-8-5-3-6-9-7/h2-6H2,1H3. The highest BCUT2D eigenvalue weighted by Crippen LogP contribution is 1.84. The Morgan fingerprint density at radius 2 is 2.00 bits per heavy atom. The highest BCUT2D eigenvalue weighted by molar-refractivity contribution is 5.97. The fraction of sp³-hybridized carbons (Fsp3) is 1.00. The van der Waals surface area contributed by atoms with Crippen LogP contribution in [0.3, 0.4) is 0 Å². The van der Waals surface area contributed by atoms with Crippen LogP contribution in [0.2, 0.25) is 0 Å². The van der Waals surface area contributed by atoms with Gasteiger partial charge in [-0.25, -0.2) is 0 Å². The molecule has 0 heterocycles. The number of hydrogen-bond acceptors (Lipinski definition) is 2. The van der Waals surface area contributed by atoms with E-state index in [0.29, 0.717) is 6.61 Å². The molecular formula is C6H13BO2. The Hall–Kier alpha value is -0.0151. The SMILES string of the molecule is [B]OCCCOCCC. The Morgan fingerprint density at radius 3 is 2.56 bits per heavy atom. The molecule has 0 N–H and O–H groups in total. The van der Waals surface area contributed by atoms with Crippen molar-refractivity contribution in [2.45, 2.75) is 19.8 Å². The summed E-state index contributed by atoms with van der Waals surface area (Å²) < 4.78 is 9.49. The molecule has 0 amide bonds. The van der Waals surface area contributed by atoms with Crippen molar-refractivity contribution in [2.24, 2.45) is 0 Å². The van der Waals surface area contributed by atoms with Crippen molar-refractivity contribution in [1.29, 1.82) is 0 Å². The lowest BCUT2D eigenvalue weighted by Crippen LogP contribution is -1.99. The van der Waals surface area contributed by atoms with Crippen LogP contribution in [0.25, 0.3) is 0 Å². The predicted molar refractivity (Wildman–Crippen MR) is 37.4 cm³/mol. The summed E-state index contributed by atoms with van der Waals surface area (Å²) in [5, 5.41) is 0. The van der Waals surface area contributed by atoms with Gasteiger partial charge in [0.1, 0.15) is 0 Å². The minimum Gasteiger partial charge on any atom is -0.447 e. The van der Waals surface area contributed by atoms with Crippen LogP contribution in [0.4, 0.5) is 0 Å². The van der Waals surface area contributed by atoms with Gasteiger partial charge < -0.3 is 9.39 Å². The second kappa shape index (κ2) is 7.98. The van der Waals surface area contributed by atoms with Gasteiger partial charge >= 0.3 is 0 Å². The summed E-state index contributed by atoms with van der Waals surface area (Å²) >= 11 is 0. The van der Waals surface area contributed by atoms with Gasteiger partial charge in [0.2, 0.25) is 0 Å². The quantitative estimate of drug-likeness (QED) is 0.390. The highest BCUT2D eigenvalue weighted by Gasteiger charge is 1.84. The fourth-order valence-electron chi connectivity index (χ4n) is 0.491. The maximum absolute atomic E-state index is 5.15. The van der Waals surface area contributed by atoms with E-state index in [0.717, 1.165) is 26.1 Å². The van der Waals surface area contributed by atoms with Crippen LogP contribution in [0, 0.1) is 0 Å². The molecule has 3 heteroatoms. The first-order valence-corrected chi connectivity index (χ1v) is 3.31. The van der Waals surface area contributed by atoms with Crippen LogP contribution >= 0.6 is 0 Å². The van der Waals surface area contributed by atoms with Crippen molar-refractivity contribution < 1.29 is 9.39 Å². The molecular weight excluding hydrogens is 115 g/mol. The van der Waals surface area contributed by atoms with E-state index in [4.69, 9.17) is 12.8 Å². The summed E-state index contributed by atoms with van der Waals surface area (Å²) in [6.45, 7) is 4.26. The van der Waals surface area contributed by atoms with E-state index in [-0.39, 0.29) is 0 Å². The Kier molecular flexibility index (Phi) is 7.97.